The van der Waals surface area contributed by atoms with Crippen molar-refractivity contribution in [2.75, 3.05) is 11.1 Å². The minimum absolute atomic E-state index is 0.0874. The van der Waals surface area contributed by atoms with Gasteiger partial charge in [0, 0.05) is 48.7 Å². The molecular weight excluding hydrogens is 308 g/mol. The molecule has 3 aromatic rings. The maximum absolute atomic E-state index is 11.1. The van der Waals surface area contributed by atoms with Gasteiger partial charge in [-0.25, -0.2) is 9.78 Å². The van der Waals surface area contributed by atoms with E-state index >= 15 is 0 Å². The molecule has 0 aliphatic rings. The van der Waals surface area contributed by atoms with E-state index in [0.29, 0.717) is 23.5 Å². The number of carbonyl (C=O) groups is 1. The van der Waals surface area contributed by atoms with E-state index in [1.54, 1.807) is 24.8 Å². The summed E-state index contributed by atoms with van der Waals surface area (Å²) in [5.41, 5.74) is 7.99. The molecule has 0 fully saturated rings. The Balaban J connectivity index is 1.93. The monoisotopic (exact) mass is 322 g/mol. The van der Waals surface area contributed by atoms with Gasteiger partial charge >= 0.3 is 5.97 Å². The van der Waals surface area contributed by atoms with Crippen molar-refractivity contribution in [1.82, 2.24) is 19.9 Å². The number of pyridine rings is 2. The Bertz CT molecular complexity index is 869. The minimum Gasteiger partial charge on any atom is -0.478 e. The van der Waals surface area contributed by atoms with Gasteiger partial charge in [0.1, 0.15) is 5.82 Å². The van der Waals surface area contributed by atoms with Gasteiger partial charge in [-0.15, -0.1) is 0 Å². The summed E-state index contributed by atoms with van der Waals surface area (Å²) in [5, 5.41) is 12.3. The van der Waals surface area contributed by atoms with Crippen LogP contribution in [0.1, 0.15) is 15.9 Å². The van der Waals surface area contributed by atoms with Crippen LogP contribution in [-0.4, -0.2) is 31.0 Å². The highest BCUT2D eigenvalue weighted by Gasteiger charge is 2.12. The van der Waals surface area contributed by atoms with Crippen molar-refractivity contribution in [3.8, 4) is 11.1 Å². The van der Waals surface area contributed by atoms with Crippen LogP contribution in [0.3, 0.4) is 0 Å². The van der Waals surface area contributed by atoms with Crippen LogP contribution in [0.5, 0.6) is 0 Å². The Kier molecular flexibility index (Phi) is 4.28. The van der Waals surface area contributed by atoms with Crippen LogP contribution < -0.4 is 11.1 Å². The molecule has 0 aliphatic heterocycles. The van der Waals surface area contributed by atoms with Crippen LogP contribution in [0, 0.1) is 0 Å². The van der Waals surface area contributed by atoms with Crippen LogP contribution >= 0.6 is 0 Å². The molecule has 0 spiro atoms. The third-order valence-electron chi connectivity index (χ3n) is 3.31. The number of hydrogen-bond acceptors (Lipinski definition) is 7. The summed E-state index contributed by atoms with van der Waals surface area (Å²) in [6, 6.07) is 5.27. The van der Waals surface area contributed by atoms with Crippen molar-refractivity contribution in [2.24, 2.45) is 0 Å². The summed E-state index contributed by atoms with van der Waals surface area (Å²) in [6.07, 6.45) is 7.78. The van der Waals surface area contributed by atoms with E-state index in [-0.39, 0.29) is 11.5 Å². The molecule has 3 aromatic heterocycles. The number of hydrogen-bond donors (Lipinski definition) is 3. The number of aromatic nitrogens is 4. The van der Waals surface area contributed by atoms with Gasteiger partial charge in [0.2, 0.25) is 5.95 Å². The van der Waals surface area contributed by atoms with Gasteiger partial charge in [-0.05, 0) is 23.8 Å². The third-order valence-corrected chi connectivity index (χ3v) is 3.31. The molecule has 0 radical (unpaired) electrons. The zero-order chi connectivity index (χ0) is 16.9. The number of nitrogens with zero attached hydrogens (tertiary/aromatic N) is 4. The SMILES string of the molecule is Nc1ncc(-c2cncc(C(=O)O)c2)c(NCc2ccncc2)n1. The molecule has 8 heteroatoms. The second-order valence-electron chi connectivity index (χ2n) is 4.97. The number of nitrogen functional groups attached to an aromatic ring is 1. The average Bonchev–Trinajstić information content (AvgIpc) is 2.61. The van der Waals surface area contributed by atoms with Gasteiger partial charge < -0.3 is 16.2 Å². The second kappa shape index (κ2) is 6.69. The zero-order valence-corrected chi connectivity index (χ0v) is 12.5. The first kappa shape index (κ1) is 15.3. The van der Waals surface area contributed by atoms with Crippen molar-refractivity contribution in [3.05, 3.63) is 60.3 Å². The van der Waals surface area contributed by atoms with Crippen LogP contribution in [-0.2, 0) is 6.54 Å². The van der Waals surface area contributed by atoms with E-state index in [4.69, 9.17) is 10.8 Å². The summed E-state index contributed by atoms with van der Waals surface area (Å²) >= 11 is 0. The van der Waals surface area contributed by atoms with Gasteiger partial charge in [0.05, 0.1) is 5.56 Å². The van der Waals surface area contributed by atoms with Gasteiger partial charge in [-0.1, -0.05) is 0 Å². The molecular formula is C16H14N6O2. The molecule has 0 saturated heterocycles. The summed E-state index contributed by atoms with van der Waals surface area (Å²) in [7, 11) is 0. The number of anilines is 2. The van der Waals surface area contributed by atoms with E-state index in [2.05, 4.69) is 25.3 Å². The van der Waals surface area contributed by atoms with Gasteiger partial charge in [-0.2, -0.15) is 4.98 Å². The van der Waals surface area contributed by atoms with Crippen LogP contribution in [0.15, 0.2) is 49.2 Å². The van der Waals surface area contributed by atoms with E-state index in [9.17, 15) is 4.79 Å². The standard InChI is InChI=1S/C16H14N6O2/c17-16-21-9-13(11-5-12(15(23)24)8-19-7-11)14(22-16)20-6-10-1-3-18-4-2-10/h1-5,7-9H,6H2,(H,23,24)(H3,17,20,21,22). The van der Waals surface area contributed by atoms with Crippen LogP contribution in [0.2, 0.25) is 0 Å². The fourth-order valence-corrected chi connectivity index (χ4v) is 2.13. The molecule has 120 valence electrons. The quantitative estimate of drug-likeness (QED) is 0.649. The molecule has 0 aromatic carbocycles. The number of nitrogens with two attached hydrogens (primary N) is 1. The molecule has 24 heavy (non-hydrogen) atoms. The van der Waals surface area contributed by atoms with Gasteiger partial charge in [0.15, 0.2) is 0 Å². The lowest BCUT2D eigenvalue weighted by Crippen LogP contribution is -2.06. The van der Waals surface area contributed by atoms with E-state index in [1.807, 2.05) is 12.1 Å². The maximum Gasteiger partial charge on any atom is 0.337 e. The average molecular weight is 322 g/mol. The molecule has 0 saturated carbocycles. The highest BCUT2D eigenvalue weighted by atomic mass is 16.4. The predicted octanol–water partition coefficient (Wildman–Crippen LogP) is 1.83. The van der Waals surface area contributed by atoms with Crippen molar-refractivity contribution >= 4 is 17.7 Å². The molecule has 0 bridgehead atoms. The molecule has 3 rings (SSSR count). The Labute approximate surface area is 137 Å². The lowest BCUT2D eigenvalue weighted by Gasteiger charge is -2.11. The molecule has 4 N–H and O–H groups in total. The van der Waals surface area contributed by atoms with Crippen LogP contribution in [0.4, 0.5) is 11.8 Å². The lowest BCUT2D eigenvalue weighted by molar-refractivity contribution is 0.0696. The maximum atomic E-state index is 11.1. The summed E-state index contributed by atoms with van der Waals surface area (Å²) < 4.78 is 0. The normalized spacial score (nSPS) is 10.3. The highest BCUT2D eigenvalue weighted by Crippen LogP contribution is 2.26. The first-order valence-corrected chi connectivity index (χ1v) is 7.07. The summed E-state index contributed by atoms with van der Waals surface area (Å²) in [6.45, 7) is 0.512. The fourth-order valence-electron chi connectivity index (χ4n) is 2.13. The summed E-state index contributed by atoms with van der Waals surface area (Å²) in [5.74, 6) is -0.422. The van der Waals surface area contributed by atoms with E-state index < -0.39 is 5.97 Å². The van der Waals surface area contributed by atoms with Crippen LogP contribution in [0.25, 0.3) is 11.1 Å². The smallest absolute Gasteiger partial charge is 0.337 e. The molecule has 3 heterocycles. The zero-order valence-electron chi connectivity index (χ0n) is 12.5. The molecule has 0 atom stereocenters. The largest absolute Gasteiger partial charge is 0.478 e. The topological polar surface area (TPSA) is 127 Å². The Morgan fingerprint density at radius 2 is 1.96 bits per heavy atom. The Hall–Kier alpha value is -3.55. The lowest BCUT2D eigenvalue weighted by atomic mass is 10.1. The third kappa shape index (κ3) is 3.43. The van der Waals surface area contributed by atoms with Gasteiger partial charge in [-0.3, -0.25) is 9.97 Å². The number of aromatic carboxylic acids is 1. The van der Waals surface area contributed by atoms with E-state index in [1.165, 1.54) is 12.3 Å². The number of carboxylic acid groups (broad SMARTS) is 1. The molecule has 0 amide bonds. The molecule has 8 nitrogen and oxygen atoms in total. The molecule has 0 aliphatic carbocycles. The summed E-state index contributed by atoms with van der Waals surface area (Å²) in [4.78, 5) is 27.2. The molecule has 0 unspecified atom stereocenters. The Morgan fingerprint density at radius 1 is 1.17 bits per heavy atom. The van der Waals surface area contributed by atoms with Crippen molar-refractivity contribution < 1.29 is 9.90 Å². The van der Waals surface area contributed by atoms with Gasteiger partial charge in [0.25, 0.3) is 0 Å². The number of nitrogens with one attached hydrogen (secondary N) is 1. The number of rotatable bonds is 5. The number of carboxylic acids is 1. The van der Waals surface area contributed by atoms with E-state index in [0.717, 1.165) is 5.56 Å². The van der Waals surface area contributed by atoms with Crippen molar-refractivity contribution in [1.29, 1.82) is 0 Å². The first-order chi connectivity index (χ1) is 11.6. The second-order valence-corrected chi connectivity index (χ2v) is 4.97. The highest BCUT2D eigenvalue weighted by molar-refractivity contribution is 5.89. The minimum atomic E-state index is -1.05. The van der Waals surface area contributed by atoms with Crippen molar-refractivity contribution in [2.45, 2.75) is 6.54 Å². The predicted molar refractivity (Wildman–Crippen MR) is 88.2 cm³/mol. The van der Waals surface area contributed by atoms with Crippen molar-refractivity contribution in [3.63, 3.8) is 0 Å². The Morgan fingerprint density at radius 3 is 2.71 bits per heavy atom. The fraction of sp³-hybridized carbons (Fsp3) is 0.0625. The first-order valence-electron chi connectivity index (χ1n) is 7.07.